The smallest absolute Gasteiger partial charge is 0.435 e. The molecule has 18 heavy (non-hydrogen) atoms. The van der Waals surface area contributed by atoms with E-state index in [4.69, 9.17) is 5.11 Å². The Morgan fingerprint density at radius 2 is 2.17 bits per heavy atom. The van der Waals surface area contributed by atoms with Crippen molar-refractivity contribution in [3.63, 3.8) is 0 Å². The summed E-state index contributed by atoms with van der Waals surface area (Å²) in [5.74, 6) is -1.97. The molecular weight excluding hydrogens is 255 g/mol. The van der Waals surface area contributed by atoms with E-state index in [0.29, 0.717) is 0 Å². The van der Waals surface area contributed by atoms with Gasteiger partial charge in [0.15, 0.2) is 5.69 Å². The van der Waals surface area contributed by atoms with Gasteiger partial charge in [0.25, 0.3) is 0 Å². The average molecular weight is 265 g/mol. The molecule has 0 aliphatic carbocycles. The molecule has 0 fully saturated rings. The van der Waals surface area contributed by atoms with E-state index >= 15 is 0 Å². The van der Waals surface area contributed by atoms with Crippen LogP contribution in [0, 0.1) is 0 Å². The van der Waals surface area contributed by atoms with E-state index in [1.165, 1.54) is 6.92 Å². The number of carbonyl (C=O) groups excluding carboxylic acids is 1. The summed E-state index contributed by atoms with van der Waals surface area (Å²) in [6, 6.07) is -0.386. The molecule has 1 rings (SSSR count). The predicted octanol–water partition coefficient (Wildman–Crippen LogP) is 0.491. The Morgan fingerprint density at radius 1 is 1.56 bits per heavy atom. The summed E-state index contributed by atoms with van der Waals surface area (Å²) in [5.41, 5.74) is -1.11. The van der Waals surface area contributed by atoms with Gasteiger partial charge in [0.2, 0.25) is 5.91 Å². The number of nitrogens with one attached hydrogen (secondary N) is 1. The van der Waals surface area contributed by atoms with Crippen LogP contribution in [0.5, 0.6) is 0 Å². The van der Waals surface area contributed by atoms with Gasteiger partial charge in [-0.25, -0.2) is 0 Å². The van der Waals surface area contributed by atoms with Crippen LogP contribution in [0.15, 0.2) is 12.3 Å². The van der Waals surface area contributed by atoms with Gasteiger partial charge in [-0.05, 0) is 13.0 Å². The summed E-state index contributed by atoms with van der Waals surface area (Å²) in [4.78, 5) is 21.7. The lowest BCUT2D eigenvalue weighted by Crippen LogP contribution is -2.40. The molecule has 0 saturated heterocycles. The minimum Gasteiger partial charge on any atom is -0.480 e. The minimum absolute atomic E-state index is 0.478. The first-order valence-electron chi connectivity index (χ1n) is 4.83. The summed E-state index contributed by atoms with van der Waals surface area (Å²) in [5, 5.41) is 13.8. The molecule has 0 aromatic carbocycles. The SMILES string of the molecule is C[C@@H](NC(=O)Cn1ccc(C(F)(F)F)n1)C(=O)O. The molecule has 0 spiro atoms. The molecule has 0 radical (unpaired) electrons. The standard InChI is InChI=1S/C9H10F3N3O3/c1-5(8(17)18)13-7(16)4-15-3-2-6(14-15)9(10,11)12/h2-3,5H,4H2,1H3,(H,13,16)(H,17,18)/t5-/m1/s1. The highest BCUT2D eigenvalue weighted by molar-refractivity contribution is 5.82. The van der Waals surface area contributed by atoms with Gasteiger partial charge in [0, 0.05) is 6.20 Å². The molecule has 2 N–H and O–H groups in total. The van der Waals surface area contributed by atoms with E-state index < -0.39 is 36.3 Å². The molecule has 1 heterocycles. The van der Waals surface area contributed by atoms with Crippen molar-refractivity contribution in [3.8, 4) is 0 Å². The molecule has 0 aliphatic rings. The van der Waals surface area contributed by atoms with Crippen molar-refractivity contribution in [1.82, 2.24) is 15.1 Å². The Bertz CT molecular complexity index is 455. The number of aliphatic carboxylic acids is 1. The summed E-state index contributed by atoms with van der Waals surface area (Å²) in [6.45, 7) is 0.762. The van der Waals surface area contributed by atoms with Gasteiger partial charge in [0.05, 0.1) is 0 Å². The third-order valence-corrected chi connectivity index (χ3v) is 1.98. The highest BCUT2D eigenvalue weighted by Gasteiger charge is 2.33. The van der Waals surface area contributed by atoms with Crippen molar-refractivity contribution >= 4 is 11.9 Å². The second kappa shape index (κ2) is 5.07. The van der Waals surface area contributed by atoms with Crippen LogP contribution in [-0.2, 0) is 22.3 Å². The van der Waals surface area contributed by atoms with E-state index in [1.54, 1.807) is 0 Å². The van der Waals surface area contributed by atoms with Crippen LogP contribution in [0.4, 0.5) is 13.2 Å². The van der Waals surface area contributed by atoms with Crippen LogP contribution in [0.25, 0.3) is 0 Å². The van der Waals surface area contributed by atoms with Crippen LogP contribution in [0.3, 0.4) is 0 Å². The largest absolute Gasteiger partial charge is 0.480 e. The summed E-state index contributed by atoms with van der Waals surface area (Å²) < 4.78 is 37.4. The predicted molar refractivity (Wildman–Crippen MR) is 52.5 cm³/mol. The van der Waals surface area contributed by atoms with Crippen LogP contribution in [0.1, 0.15) is 12.6 Å². The second-order valence-corrected chi connectivity index (χ2v) is 3.52. The molecule has 1 amide bonds. The molecule has 1 aromatic heterocycles. The van der Waals surface area contributed by atoms with Crippen molar-refractivity contribution in [1.29, 1.82) is 0 Å². The summed E-state index contributed by atoms with van der Waals surface area (Å²) in [6.07, 6.45) is -3.58. The molecule has 9 heteroatoms. The zero-order valence-electron chi connectivity index (χ0n) is 9.23. The minimum atomic E-state index is -4.57. The second-order valence-electron chi connectivity index (χ2n) is 3.52. The first kappa shape index (κ1) is 14.0. The third kappa shape index (κ3) is 3.75. The molecule has 1 aromatic rings. The van der Waals surface area contributed by atoms with Gasteiger partial charge in [-0.2, -0.15) is 18.3 Å². The quantitative estimate of drug-likeness (QED) is 0.829. The summed E-state index contributed by atoms with van der Waals surface area (Å²) >= 11 is 0. The maximum Gasteiger partial charge on any atom is 0.435 e. The Kier molecular flexibility index (Phi) is 3.94. The van der Waals surface area contributed by atoms with Crippen molar-refractivity contribution < 1.29 is 27.9 Å². The fourth-order valence-corrected chi connectivity index (χ4v) is 1.10. The van der Waals surface area contributed by atoms with Crippen LogP contribution in [-0.4, -0.2) is 32.8 Å². The first-order chi connectivity index (χ1) is 8.20. The Labute approximate surface area is 99.4 Å². The Hall–Kier alpha value is -2.06. The number of carboxylic acids is 1. The normalized spacial score (nSPS) is 13.1. The zero-order chi connectivity index (χ0) is 13.9. The fraction of sp³-hybridized carbons (Fsp3) is 0.444. The number of alkyl halides is 3. The number of aromatic nitrogens is 2. The molecule has 0 saturated carbocycles. The molecule has 0 aliphatic heterocycles. The lowest BCUT2D eigenvalue weighted by molar-refractivity contribution is -0.141. The van der Waals surface area contributed by atoms with Crippen molar-refractivity contribution in [2.45, 2.75) is 25.7 Å². The van der Waals surface area contributed by atoms with Crippen LogP contribution < -0.4 is 5.32 Å². The molecule has 0 bridgehead atoms. The van der Waals surface area contributed by atoms with E-state index in [-0.39, 0.29) is 0 Å². The van der Waals surface area contributed by atoms with Crippen molar-refractivity contribution in [2.24, 2.45) is 0 Å². The van der Waals surface area contributed by atoms with Gasteiger partial charge in [0.1, 0.15) is 12.6 Å². The molecule has 6 nitrogen and oxygen atoms in total. The van der Waals surface area contributed by atoms with Crippen LogP contribution >= 0.6 is 0 Å². The van der Waals surface area contributed by atoms with Crippen molar-refractivity contribution in [3.05, 3.63) is 18.0 Å². The number of carbonyl (C=O) groups is 2. The molecule has 1 atom stereocenters. The first-order valence-corrected chi connectivity index (χ1v) is 4.83. The van der Waals surface area contributed by atoms with E-state index in [2.05, 4.69) is 10.4 Å². The van der Waals surface area contributed by atoms with Gasteiger partial charge in [-0.3, -0.25) is 14.3 Å². The number of rotatable bonds is 4. The molecule has 100 valence electrons. The highest BCUT2D eigenvalue weighted by atomic mass is 19.4. The fourth-order valence-electron chi connectivity index (χ4n) is 1.10. The van der Waals surface area contributed by atoms with Gasteiger partial charge < -0.3 is 10.4 Å². The number of amides is 1. The Morgan fingerprint density at radius 3 is 2.61 bits per heavy atom. The molecule has 0 unspecified atom stereocenters. The Balaban J connectivity index is 2.60. The number of halogens is 3. The van der Waals surface area contributed by atoms with E-state index in [9.17, 15) is 22.8 Å². The van der Waals surface area contributed by atoms with E-state index in [1.807, 2.05) is 0 Å². The summed E-state index contributed by atoms with van der Waals surface area (Å²) in [7, 11) is 0. The lowest BCUT2D eigenvalue weighted by atomic mass is 10.3. The zero-order valence-corrected chi connectivity index (χ0v) is 9.23. The number of hydrogen-bond donors (Lipinski definition) is 2. The lowest BCUT2D eigenvalue weighted by Gasteiger charge is -2.09. The van der Waals surface area contributed by atoms with Gasteiger partial charge in [-0.15, -0.1) is 0 Å². The number of nitrogens with zero attached hydrogens (tertiary/aromatic N) is 2. The highest BCUT2D eigenvalue weighted by Crippen LogP contribution is 2.27. The molecular formula is C9H10F3N3O3. The van der Waals surface area contributed by atoms with E-state index in [0.717, 1.165) is 16.9 Å². The monoisotopic (exact) mass is 265 g/mol. The maximum absolute atomic E-state index is 12.2. The third-order valence-electron chi connectivity index (χ3n) is 1.98. The topological polar surface area (TPSA) is 84.2 Å². The average Bonchev–Trinajstić information content (AvgIpc) is 2.64. The number of carboxylic acid groups (broad SMARTS) is 1. The van der Waals surface area contributed by atoms with Gasteiger partial charge >= 0.3 is 12.1 Å². The number of hydrogen-bond acceptors (Lipinski definition) is 3. The van der Waals surface area contributed by atoms with Gasteiger partial charge in [-0.1, -0.05) is 0 Å². The maximum atomic E-state index is 12.2. The van der Waals surface area contributed by atoms with Crippen molar-refractivity contribution in [2.75, 3.05) is 0 Å². The van der Waals surface area contributed by atoms with Crippen LogP contribution in [0.2, 0.25) is 0 Å².